The number of para-hydroxylation sites is 1. The molecule has 4 rings (SSSR count). The molecule has 3 heterocycles. The molecule has 0 saturated heterocycles. The monoisotopic (exact) mass is 305 g/mol. The molecular weight excluding hydrogens is 290 g/mol. The number of hydrogen-bond donors (Lipinski definition) is 1. The van der Waals surface area contributed by atoms with Crippen LogP contribution in [-0.2, 0) is 6.54 Å². The molecule has 0 aliphatic carbocycles. The third kappa shape index (κ3) is 2.28. The summed E-state index contributed by atoms with van der Waals surface area (Å²) < 4.78 is 1.95. The molecule has 23 heavy (non-hydrogen) atoms. The van der Waals surface area contributed by atoms with Crippen LogP contribution in [0.4, 0.5) is 5.82 Å². The Bertz CT molecular complexity index is 990. The number of anilines is 1. The van der Waals surface area contributed by atoms with Crippen LogP contribution in [0.5, 0.6) is 0 Å². The summed E-state index contributed by atoms with van der Waals surface area (Å²) in [6, 6.07) is 9.65. The van der Waals surface area contributed by atoms with Crippen LogP contribution >= 0.6 is 0 Å². The summed E-state index contributed by atoms with van der Waals surface area (Å²) in [5.41, 5.74) is 2.61. The van der Waals surface area contributed by atoms with Crippen molar-refractivity contribution < 1.29 is 4.79 Å². The Kier molecular flexibility index (Phi) is 3.15. The zero-order chi connectivity index (χ0) is 15.8. The molecule has 0 fully saturated rings. The SMILES string of the molecule is Cc1ccncc1C(=O)N=c1nc2ccccc2c2n1CCN2. The molecule has 1 aliphatic heterocycles. The first-order valence-electron chi connectivity index (χ1n) is 7.47. The largest absolute Gasteiger partial charge is 0.369 e. The van der Waals surface area contributed by atoms with Gasteiger partial charge in [-0.05, 0) is 30.7 Å². The average molecular weight is 305 g/mol. The minimum absolute atomic E-state index is 0.319. The highest BCUT2D eigenvalue weighted by atomic mass is 16.1. The molecule has 2 aromatic heterocycles. The number of pyridine rings is 1. The lowest BCUT2D eigenvalue weighted by atomic mass is 10.1. The van der Waals surface area contributed by atoms with Crippen molar-refractivity contribution in [1.82, 2.24) is 14.5 Å². The molecule has 1 N–H and O–H groups in total. The van der Waals surface area contributed by atoms with E-state index in [9.17, 15) is 4.79 Å². The lowest BCUT2D eigenvalue weighted by Crippen LogP contribution is -2.25. The molecule has 0 bridgehead atoms. The Hall–Kier alpha value is -3.02. The van der Waals surface area contributed by atoms with Crippen molar-refractivity contribution in [3.63, 3.8) is 0 Å². The normalized spacial score (nSPS) is 13.9. The maximum Gasteiger partial charge on any atom is 0.282 e. The third-order valence-electron chi connectivity index (χ3n) is 3.99. The molecule has 1 amide bonds. The number of hydrogen-bond acceptors (Lipinski definition) is 4. The van der Waals surface area contributed by atoms with E-state index in [1.54, 1.807) is 18.5 Å². The number of aryl methyl sites for hydroxylation is 1. The Morgan fingerprint density at radius 1 is 1.30 bits per heavy atom. The summed E-state index contributed by atoms with van der Waals surface area (Å²) in [6.45, 7) is 3.42. The summed E-state index contributed by atoms with van der Waals surface area (Å²) in [6.07, 6.45) is 3.21. The molecule has 114 valence electrons. The third-order valence-corrected chi connectivity index (χ3v) is 3.99. The van der Waals surface area contributed by atoms with Crippen molar-refractivity contribution in [1.29, 1.82) is 0 Å². The van der Waals surface area contributed by atoms with E-state index in [0.29, 0.717) is 11.2 Å². The van der Waals surface area contributed by atoms with Crippen LogP contribution in [0.2, 0.25) is 0 Å². The maximum atomic E-state index is 12.5. The molecule has 3 aromatic rings. The van der Waals surface area contributed by atoms with E-state index in [-0.39, 0.29) is 5.91 Å². The number of fused-ring (bicyclic) bond motifs is 3. The van der Waals surface area contributed by atoms with E-state index in [0.717, 1.165) is 35.4 Å². The first-order valence-corrected chi connectivity index (χ1v) is 7.47. The highest BCUT2D eigenvalue weighted by molar-refractivity contribution is 5.96. The number of carbonyl (C=O) groups excluding carboxylic acids is 1. The van der Waals surface area contributed by atoms with Gasteiger partial charge in [0.1, 0.15) is 5.82 Å². The predicted octanol–water partition coefficient (Wildman–Crippen LogP) is 1.91. The summed E-state index contributed by atoms with van der Waals surface area (Å²) in [5.74, 6) is 0.644. The van der Waals surface area contributed by atoms with Crippen LogP contribution in [-0.4, -0.2) is 27.0 Å². The van der Waals surface area contributed by atoms with Crippen LogP contribution in [0, 0.1) is 6.92 Å². The Labute approximate surface area is 132 Å². The number of benzene rings is 1. The molecule has 0 spiro atoms. The van der Waals surface area contributed by atoms with Crippen LogP contribution in [0.15, 0.2) is 47.7 Å². The summed E-state index contributed by atoms with van der Waals surface area (Å²) in [7, 11) is 0. The second kappa shape index (κ2) is 5.31. The van der Waals surface area contributed by atoms with E-state index in [1.807, 2.05) is 35.8 Å². The fourth-order valence-corrected chi connectivity index (χ4v) is 2.80. The highest BCUT2D eigenvalue weighted by Gasteiger charge is 2.16. The average Bonchev–Trinajstić information content (AvgIpc) is 3.05. The van der Waals surface area contributed by atoms with E-state index in [4.69, 9.17) is 0 Å². The van der Waals surface area contributed by atoms with Crippen LogP contribution in [0.1, 0.15) is 15.9 Å². The minimum Gasteiger partial charge on any atom is -0.369 e. The van der Waals surface area contributed by atoms with Crippen molar-refractivity contribution in [2.24, 2.45) is 4.99 Å². The van der Waals surface area contributed by atoms with Gasteiger partial charge in [0.15, 0.2) is 0 Å². The first kappa shape index (κ1) is 13.6. The highest BCUT2D eigenvalue weighted by Crippen LogP contribution is 2.22. The van der Waals surface area contributed by atoms with Crippen molar-refractivity contribution in [2.45, 2.75) is 13.5 Å². The standard InChI is InChI=1S/C17H15N5O/c1-11-6-7-18-10-13(11)16(23)21-17-20-14-5-3-2-4-12(14)15-19-8-9-22(15)17/h2-7,10,19H,8-9H2,1H3. The first-order chi connectivity index (χ1) is 11.2. The number of amides is 1. The van der Waals surface area contributed by atoms with Gasteiger partial charge in [0.2, 0.25) is 5.62 Å². The van der Waals surface area contributed by atoms with Crippen molar-refractivity contribution >= 4 is 22.6 Å². The van der Waals surface area contributed by atoms with E-state index >= 15 is 0 Å². The molecule has 0 radical (unpaired) electrons. The zero-order valence-electron chi connectivity index (χ0n) is 12.7. The number of aromatic nitrogens is 3. The fourth-order valence-electron chi connectivity index (χ4n) is 2.80. The molecule has 0 unspecified atom stereocenters. The van der Waals surface area contributed by atoms with E-state index in [1.165, 1.54) is 0 Å². The summed E-state index contributed by atoms with van der Waals surface area (Å²) in [5, 5.41) is 4.38. The number of rotatable bonds is 1. The van der Waals surface area contributed by atoms with Crippen molar-refractivity contribution in [3.8, 4) is 0 Å². The quantitative estimate of drug-likeness (QED) is 0.745. The molecule has 1 aromatic carbocycles. The molecule has 0 atom stereocenters. The summed E-state index contributed by atoms with van der Waals surface area (Å²) in [4.78, 5) is 25.3. The topological polar surface area (TPSA) is 72.2 Å². The van der Waals surface area contributed by atoms with Crippen LogP contribution in [0.3, 0.4) is 0 Å². The summed E-state index contributed by atoms with van der Waals surface area (Å²) >= 11 is 0. The molecule has 6 heteroatoms. The molecule has 6 nitrogen and oxygen atoms in total. The van der Waals surface area contributed by atoms with E-state index < -0.39 is 0 Å². The van der Waals surface area contributed by atoms with Gasteiger partial charge in [-0.3, -0.25) is 14.3 Å². The van der Waals surface area contributed by atoms with Gasteiger partial charge in [-0.15, -0.1) is 0 Å². The van der Waals surface area contributed by atoms with Gasteiger partial charge in [-0.1, -0.05) is 12.1 Å². The van der Waals surface area contributed by atoms with Gasteiger partial charge in [0.25, 0.3) is 5.91 Å². The smallest absolute Gasteiger partial charge is 0.282 e. The van der Waals surface area contributed by atoms with Gasteiger partial charge in [0.05, 0.1) is 11.1 Å². The zero-order valence-corrected chi connectivity index (χ0v) is 12.7. The van der Waals surface area contributed by atoms with Crippen molar-refractivity contribution in [3.05, 3.63) is 59.5 Å². The lowest BCUT2D eigenvalue weighted by Gasteiger charge is -2.07. The molecule has 0 saturated carbocycles. The van der Waals surface area contributed by atoms with E-state index in [2.05, 4.69) is 20.3 Å². The maximum absolute atomic E-state index is 12.5. The fraction of sp³-hybridized carbons (Fsp3) is 0.176. The Morgan fingerprint density at radius 3 is 3.04 bits per heavy atom. The van der Waals surface area contributed by atoms with Gasteiger partial charge in [-0.25, -0.2) is 4.98 Å². The minimum atomic E-state index is -0.319. The Morgan fingerprint density at radius 2 is 2.17 bits per heavy atom. The Balaban J connectivity index is 1.92. The molecule has 1 aliphatic rings. The van der Waals surface area contributed by atoms with Gasteiger partial charge < -0.3 is 5.32 Å². The molecular formula is C17H15N5O. The lowest BCUT2D eigenvalue weighted by molar-refractivity contribution is 0.0995. The van der Waals surface area contributed by atoms with Crippen LogP contribution in [0.25, 0.3) is 10.9 Å². The van der Waals surface area contributed by atoms with Crippen LogP contribution < -0.4 is 10.9 Å². The number of nitrogens with one attached hydrogen (secondary N) is 1. The van der Waals surface area contributed by atoms with Gasteiger partial charge in [0, 0.05) is 30.9 Å². The van der Waals surface area contributed by atoms with Crippen molar-refractivity contribution in [2.75, 3.05) is 11.9 Å². The predicted molar refractivity (Wildman–Crippen MR) is 87.1 cm³/mol. The second-order valence-corrected chi connectivity index (χ2v) is 5.46. The number of carbonyl (C=O) groups is 1. The van der Waals surface area contributed by atoms with Gasteiger partial charge >= 0.3 is 0 Å². The number of nitrogens with zero attached hydrogens (tertiary/aromatic N) is 4. The second-order valence-electron chi connectivity index (χ2n) is 5.46. The van der Waals surface area contributed by atoms with Gasteiger partial charge in [-0.2, -0.15) is 4.99 Å².